The van der Waals surface area contributed by atoms with Crippen molar-refractivity contribution in [1.29, 1.82) is 0 Å². The third-order valence-corrected chi connectivity index (χ3v) is 4.85. The molecule has 0 aromatic carbocycles. The van der Waals surface area contributed by atoms with Crippen molar-refractivity contribution in [2.24, 2.45) is 17.3 Å². The lowest BCUT2D eigenvalue weighted by Crippen LogP contribution is -2.58. The molecule has 4 saturated carbocycles. The summed E-state index contributed by atoms with van der Waals surface area (Å²) in [6, 6.07) is 0. The molecule has 0 aromatic rings. The predicted molar refractivity (Wildman–Crippen MR) is 59.8 cm³/mol. The van der Waals surface area contributed by atoms with Crippen LogP contribution in [0.25, 0.3) is 0 Å². The molecule has 5 heteroatoms. The molecule has 4 atom stereocenters. The van der Waals surface area contributed by atoms with E-state index in [2.05, 4.69) is 0 Å². The normalized spacial score (nSPS) is 47.1. The van der Waals surface area contributed by atoms with Crippen molar-refractivity contribution in [2.75, 3.05) is 13.7 Å². The second-order valence-corrected chi connectivity index (χ2v) is 6.39. The van der Waals surface area contributed by atoms with E-state index in [4.69, 9.17) is 9.57 Å². The van der Waals surface area contributed by atoms with E-state index < -0.39 is 10.7 Å². The van der Waals surface area contributed by atoms with Crippen molar-refractivity contribution in [1.82, 2.24) is 0 Å². The summed E-state index contributed by atoms with van der Waals surface area (Å²) in [5, 5.41) is 10.1. The summed E-state index contributed by atoms with van der Waals surface area (Å²) in [6.07, 6.45) is 6.11. The fraction of sp³-hybridized carbons (Fsp3) is 1.00. The Labute approximate surface area is 101 Å². The third kappa shape index (κ3) is 1.80. The highest BCUT2D eigenvalue weighted by molar-refractivity contribution is 5.08. The zero-order chi connectivity index (χ0) is 12.1. The summed E-state index contributed by atoms with van der Waals surface area (Å²) >= 11 is 0. The standard InChI is InChI=1S/C12H19NO4/c1-16-8-11-3-9-2-10(4-11)6-12(5-9,7-11)17-13(14)15/h9-10H,2-8H2,1H3/t9-,10+,11?,12?. The highest BCUT2D eigenvalue weighted by Gasteiger charge is 2.59. The minimum absolute atomic E-state index is 0.148. The van der Waals surface area contributed by atoms with E-state index in [0.717, 1.165) is 25.9 Å². The first-order valence-electron chi connectivity index (χ1n) is 6.37. The van der Waals surface area contributed by atoms with Crippen LogP contribution in [-0.2, 0) is 9.57 Å². The Morgan fingerprint density at radius 3 is 2.47 bits per heavy atom. The smallest absolute Gasteiger partial charge is 0.295 e. The first-order chi connectivity index (χ1) is 8.05. The molecule has 4 aliphatic rings. The summed E-state index contributed by atoms with van der Waals surface area (Å²) < 4.78 is 5.35. The second kappa shape index (κ2) is 3.57. The first-order valence-corrected chi connectivity index (χ1v) is 6.37. The first kappa shape index (κ1) is 11.3. The fourth-order valence-corrected chi connectivity index (χ4v) is 5.10. The monoisotopic (exact) mass is 241 g/mol. The molecule has 0 heterocycles. The highest BCUT2D eigenvalue weighted by atomic mass is 17.0. The Kier molecular flexibility index (Phi) is 2.37. The largest absolute Gasteiger partial charge is 0.384 e. The molecule has 0 spiro atoms. The zero-order valence-corrected chi connectivity index (χ0v) is 10.2. The van der Waals surface area contributed by atoms with E-state index in [1.165, 1.54) is 19.3 Å². The summed E-state index contributed by atoms with van der Waals surface area (Å²) in [7, 11) is 1.72. The van der Waals surface area contributed by atoms with Gasteiger partial charge in [-0.3, -0.25) is 0 Å². The highest BCUT2D eigenvalue weighted by Crippen LogP contribution is 2.62. The van der Waals surface area contributed by atoms with Crippen molar-refractivity contribution < 1.29 is 14.7 Å². The van der Waals surface area contributed by atoms with Crippen LogP contribution in [-0.4, -0.2) is 24.4 Å². The maximum Gasteiger partial charge on any atom is 0.295 e. The van der Waals surface area contributed by atoms with Gasteiger partial charge in [-0.25, -0.2) is 0 Å². The molecule has 4 rings (SSSR count). The van der Waals surface area contributed by atoms with Gasteiger partial charge in [0.2, 0.25) is 0 Å². The summed E-state index contributed by atoms with van der Waals surface area (Å²) in [5.74, 6) is 1.21. The molecule has 4 fully saturated rings. The van der Waals surface area contributed by atoms with Gasteiger partial charge < -0.3 is 9.57 Å². The van der Waals surface area contributed by atoms with E-state index in [-0.39, 0.29) is 5.41 Å². The van der Waals surface area contributed by atoms with Gasteiger partial charge in [-0.2, -0.15) is 0 Å². The maximum absolute atomic E-state index is 10.7. The van der Waals surface area contributed by atoms with E-state index in [9.17, 15) is 10.1 Å². The SMILES string of the molecule is COCC12C[C@H]3C[C@@H](C1)CC(O[N+](=O)[O-])(C3)C2. The molecule has 96 valence electrons. The molecule has 0 aliphatic heterocycles. The molecular weight excluding hydrogens is 222 g/mol. The van der Waals surface area contributed by atoms with Crippen LogP contribution < -0.4 is 0 Å². The molecule has 0 radical (unpaired) electrons. The average Bonchev–Trinajstić information content (AvgIpc) is 2.11. The molecule has 17 heavy (non-hydrogen) atoms. The van der Waals surface area contributed by atoms with Crippen LogP contribution >= 0.6 is 0 Å². The van der Waals surface area contributed by atoms with Crippen LogP contribution in [0.15, 0.2) is 0 Å². The zero-order valence-electron chi connectivity index (χ0n) is 10.2. The van der Waals surface area contributed by atoms with E-state index in [0.29, 0.717) is 11.8 Å². The lowest BCUT2D eigenvalue weighted by molar-refractivity contribution is -0.785. The Hall–Kier alpha value is -0.840. The van der Waals surface area contributed by atoms with Gasteiger partial charge >= 0.3 is 0 Å². The molecule has 0 N–H and O–H groups in total. The van der Waals surface area contributed by atoms with Gasteiger partial charge in [0.05, 0.1) is 6.61 Å². The fourth-order valence-electron chi connectivity index (χ4n) is 5.10. The summed E-state index contributed by atoms with van der Waals surface area (Å²) in [6.45, 7) is 0.725. The molecule has 0 amide bonds. The summed E-state index contributed by atoms with van der Waals surface area (Å²) in [5.41, 5.74) is -0.346. The quantitative estimate of drug-likeness (QED) is 0.559. The third-order valence-electron chi connectivity index (χ3n) is 4.85. The van der Waals surface area contributed by atoms with Gasteiger partial charge in [-0.1, -0.05) is 0 Å². The Balaban J connectivity index is 1.86. The number of hydrogen-bond acceptors (Lipinski definition) is 4. The van der Waals surface area contributed by atoms with E-state index in [1.54, 1.807) is 7.11 Å². The lowest BCUT2D eigenvalue weighted by atomic mass is 9.48. The number of ether oxygens (including phenoxy) is 1. The van der Waals surface area contributed by atoms with Crippen LogP contribution in [0.2, 0.25) is 0 Å². The minimum Gasteiger partial charge on any atom is -0.384 e. The molecule has 2 unspecified atom stereocenters. The lowest BCUT2D eigenvalue weighted by Gasteiger charge is -2.60. The topological polar surface area (TPSA) is 61.6 Å². The van der Waals surface area contributed by atoms with E-state index >= 15 is 0 Å². The summed E-state index contributed by atoms with van der Waals surface area (Å²) in [4.78, 5) is 15.8. The van der Waals surface area contributed by atoms with Crippen molar-refractivity contribution in [2.45, 2.75) is 44.1 Å². The van der Waals surface area contributed by atoms with Gasteiger partial charge in [-0.05, 0) is 55.8 Å². The number of hydrogen-bond donors (Lipinski definition) is 0. The van der Waals surface area contributed by atoms with Crippen molar-refractivity contribution in [3.05, 3.63) is 10.1 Å². The number of nitrogens with zero attached hydrogens (tertiary/aromatic N) is 1. The van der Waals surface area contributed by atoms with Crippen LogP contribution in [0.4, 0.5) is 0 Å². The van der Waals surface area contributed by atoms with Gasteiger partial charge in [0.25, 0.3) is 5.09 Å². The van der Waals surface area contributed by atoms with Gasteiger partial charge in [-0.15, -0.1) is 10.1 Å². The Morgan fingerprint density at radius 2 is 1.94 bits per heavy atom. The van der Waals surface area contributed by atoms with Gasteiger partial charge in [0, 0.05) is 7.11 Å². The molecule has 4 aliphatic carbocycles. The van der Waals surface area contributed by atoms with Crippen LogP contribution in [0.1, 0.15) is 38.5 Å². The van der Waals surface area contributed by atoms with Crippen LogP contribution in [0, 0.1) is 27.4 Å². The molecular formula is C12H19NO4. The Bertz CT molecular complexity index is 329. The van der Waals surface area contributed by atoms with Crippen molar-refractivity contribution in [3.63, 3.8) is 0 Å². The molecule has 5 nitrogen and oxygen atoms in total. The Morgan fingerprint density at radius 1 is 1.29 bits per heavy atom. The number of rotatable bonds is 4. The van der Waals surface area contributed by atoms with Crippen molar-refractivity contribution in [3.8, 4) is 0 Å². The van der Waals surface area contributed by atoms with Gasteiger partial charge in [0.1, 0.15) is 5.60 Å². The molecule has 0 saturated heterocycles. The average molecular weight is 241 g/mol. The van der Waals surface area contributed by atoms with Crippen LogP contribution in [0.5, 0.6) is 0 Å². The number of methoxy groups -OCH3 is 1. The molecule has 0 aromatic heterocycles. The van der Waals surface area contributed by atoms with Gasteiger partial charge in [0.15, 0.2) is 0 Å². The minimum atomic E-state index is -0.590. The predicted octanol–water partition coefficient (Wildman–Crippen LogP) is 2.18. The van der Waals surface area contributed by atoms with Crippen LogP contribution in [0.3, 0.4) is 0 Å². The second-order valence-electron chi connectivity index (χ2n) is 6.39. The van der Waals surface area contributed by atoms with Crippen molar-refractivity contribution >= 4 is 0 Å². The van der Waals surface area contributed by atoms with E-state index in [1.807, 2.05) is 0 Å². The molecule has 4 bridgehead atoms. The maximum atomic E-state index is 10.7.